The Morgan fingerprint density at radius 1 is 1.38 bits per heavy atom. The van der Waals surface area contributed by atoms with Crippen LogP contribution in [0.4, 0.5) is 5.69 Å². The van der Waals surface area contributed by atoms with Gasteiger partial charge in [0.2, 0.25) is 0 Å². The molecule has 0 radical (unpaired) electrons. The molecule has 1 aliphatic rings. The molecule has 1 aliphatic heterocycles. The van der Waals surface area contributed by atoms with E-state index >= 15 is 0 Å². The SMILES string of the molecule is CCOC(=O)c1ccc(N=NN2CCCC2)c(B(O)O)c1. The van der Waals surface area contributed by atoms with Gasteiger partial charge in [-0.2, -0.15) is 0 Å². The fraction of sp³-hybridized carbons (Fsp3) is 0.462. The number of esters is 1. The number of benzene rings is 1. The van der Waals surface area contributed by atoms with Gasteiger partial charge in [0.05, 0.1) is 17.9 Å². The van der Waals surface area contributed by atoms with E-state index in [2.05, 4.69) is 10.3 Å². The summed E-state index contributed by atoms with van der Waals surface area (Å²) in [5, 5.41) is 28.8. The Bertz CT molecular complexity index is 530. The molecular weight excluding hydrogens is 273 g/mol. The van der Waals surface area contributed by atoms with Crippen LogP contribution in [0.15, 0.2) is 28.5 Å². The van der Waals surface area contributed by atoms with E-state index in [-0.39, 0.29) is 17.6 Å². The van der Waals surface area contributed by atoms with Crippen molar-refractivity contribution in [3.8, 4) is 0 Å². The minimum atomic E-state index is -1.73. The van der Waals surface area contributed by atoms with Gasteiger partial charge in [0, 0.05) is 18.6 Å². The van der Waals surface area contributed by atoms with Gasteiger partial charge in [-0.25, -0.2) is 4.79 Å². The summed E-state index contributed by atoms with van der Waals surface area (Å²) in [6.07, 6.45) is 2.16. The molecule has 112 valence electrons. The van der Waals surface area contributed by atoms with Crippen LogP contribution in [0.2, 0.25) is 0 Å². The predicted octanol–water partition coefficient (Wildman–Crippen LogP) is 0.638. The van der Waals surface area contributed by atoms with E-state index in [1.165, 1.54) is 18.2 Å². The van der Waals surface area contributed by atoms with Crippen molar-refractivity contribution in [2.24, 2.45) is 10.3 Å². The topological polar surface area (TPSA) is 94.7 Å². The lowest BCUT2D eigenvalue weighted by molar-refractivity contribution is 0.0526. The molecule has 1 heterocycles. The van der Waals surface area contributed by atoms with Crippen molar-refractivity contribution in [3.05, 3.63) is 23.8 Å². The maximum Gasteiger partial charge on any atom is 0.490 e. The molecule has 21 heavy (non-hydrogen) atoms. The first-order chi connectivity index (χ1) is 10.1. The van der Waals surface area contributed by atoms with Gasteiger partial charge in [0.1, 0.15) is 0 Å². The number of hydrogen-bond donors (Lipinski definition) is 2. The minimum Gasteiger partial charge on any atom is -0.462 e. The van der Waals surface area contributed by atoms with Crippen molar-refractivity contribution in [1.29, 1.82) is 0 Å². The highest BCUT2D eigenvalue weighted by Gasteiger charge is 2.19. The van der Waals surface area contributed by atoms with Gasteiger partial charge in [-0.15, -0.1) is 5.11 Å². The molecule has 2 rings (SSSR count). The van der Waals surface area contributed by atoms with Crippen LogP contribution < -0.4 is 5.46 Å². The first kappa shape index (κ1) is 15.5. The molecule has 0 saturated carbocycles. The van der Waals surface area contributed by atoms with Crippen LogP contribution in [-0.2, 0) is 4.74 Å². The summed E-state index contributed by atoms with van der Waals surface area (Å²) in [5.41, 5.74) is 0.702. The van der Waals surface area contributed by atoms with Crippen molar-refractivity contribution in [3.63, 3.8) is 0 Å². The number of carbonyl (C=O) groups is 1. The van der Waals surface area contributed by atoms with E-state index in [0.29, 0.717) is 5.69 Å². The molecule has 0 amide bonds. The molecule has 1 fully saturated rings. The average Bonchev–Trinajstić information content (AvgIpc) is 2.98. The zero-order chi connectivity index (χ0) is 15.2. The number of ether oxygens (including phenoxy) is 1. The van der Waals surface area contributed by atoms with Crippen LogP contribution in [0.25, 0.3) is 0 Å². The van der Waals surface area contributed by atoms with Crippen LogP contribution in [0.3, 0.4) is 0 Å². The summed E-state index contributed by atoms with van der Waals surface area (Å²) in [5.74, 6) is -0.512. The normalized spacial score (nSPS) is 14.7. The number of hydrogen-bond acceptors (Lipinski definition) is 6. The minimum absolute atomic E-state index is 0.128. The first-order valence-electron chi connectivity index (χ1n) is 6.95. The molecule has 0 aromatic heterocycles. The number of carbonyl (C=O) groups excluding carboxylic acids is 1. The van der Waals surface area contributed by atoms with Crippen molar-refractivity contribution in [2.75, 3.05) is 19.7 Å². The number of nitrogens with zero attached hydrogens (tertiary/aromatic N) is 3. The van der Waals surface area contributed by atoms with Gasteiger partial charge in [-0.3, -0.25) is 5.01 Å². The molecule has 8 heteroatoms. The van der Waals surface area contributed by atoms with E-state index in [1.54, 1.807) is 6.92 Å². The van der Waals surface area contributed by atoms with Gasteiger partial charge in [0.25, 0.3) is 0 Å². The fourth-order valence-corrected chi connectivity index (χ4v) is 2.10. The van der Waals surface area contributed by atoms with E-state index in [1.807, 2.05) is 5.01 Å². The molecule has 0 unspecified atom stereocenters. The third-order valence-corrected chi connectivity index (χ3v) is 3.18. The van der Waals surface area contributed by atoms with Gasteiger partial charge in [0.15, 0.2) is 0 Å². The Labute approximate surface area is 123 Å². The standard InChI is InChI=1S/C13H18BN3O4/c1-2-21-13(18)10-5-6-12(11(9-10)14(19)20)15-16-17-7-3-4-8-17/h5-6,9,19-20H,2-4,7-8H2,1H3. The van der Waals surface area contributed by atoms with Crippen LogP contribution >= 0.6 is 0 Å². The Kier molecular flexibility index (Phi) is 5.29. The smallest absolute Gasteiger partial charge is 0.462 e. The lowest BCUT2D eigenvalue weighted by Crippen LogP contribution is -2.31. The molecule has 1 saturated heterocycles. The largest absolute Gasteiger partial charge is 0.490 e. The monoisotopic (exact) mass is 291 g/mol. The second-order valence-corrected chi connectivity index (χ2v) is 4.72. The zero-order valence-corrected chi connectivity index (χ0v) is 11.9. The van der Waals surface area contributed by atoms with Crippen molar-refractivity contribution in [1.82, 2.24) is 5.01 Å². The van der Waals surface area contributed by atoms with E-state index < -0.39 is 13.1 Å². The summed E-state index contributed by atoms with van der Waals surface area (Å²) in [6.45, 7) is 3.66. The first-order valence-corrected chi connectivity index (χ1v) is 6.95. The Morgan fingerprint density at radius 2 is 2.10 bits per heavy atom. The predicted molar refractivity (Wildman–Crippen MR) is 77.5 cm³/mol. The molecule has 1 aromatic carbocycles. The van der Waals surface area contributed by atoms with Gasteiger partial charge >= 0.3 is 13.1 Å². The van der Waals surface area contributed by atoms with Crippen molar-refractivity contribution < 1.29 is 19.6 Å². The fourth-order valence-electron chi connectivity index (χ4n) is 2.10. The molecular formula is C13H18BN3O4. The maximum atomic E-state index is 11.7. The quantitative estimate of drug-likeness (QED) is 0.471. The van der Waals surface area contributed by atoms with Crippen molar-refractivity contribution >= 4 is 24.2 Å². The molecule has 2 N–H and O–H groups in total. The lowest BCUT2D eigenvalue weighted by Gasteiger charge is -2.10. The molecule has 1 aromatic rings. The Hall–Kier alpha value is -1.93. The summed E-state index contributed by atoms with van der Waals surface area (Å²) >= 11 is 0. The lowest BCUT2D eigenvalue weighted by atomic mass is 9.78. The highest BCUT2D eigenvalue weighted by Crippen LogP contribution is 2.15. The maximum absolute atomic E-state index is 11.7. The Balaban J connectivity index is 2.22. The van der Waals surface area contributed by atoms with Crippen molar-refractivity contribution in [2.45, 2.75) is 19.8 Å². The van der Waals surface area contributed by atoms with Gasteiger partial charge in [-0.1, -0.05) is 5.22 Å². The summed E-state index contributed by atoms with van der Waals surface area (Å²) < 4.78 is 4.88. The van der Waals surface area contributed by atoms with Gasteiger partial charge < -0.3 is 14.8 Å². The van der Waals surface area contributed by atoms with E-state index in [9.17, 15) is 14.8 Å². The molecule has 7 nitrogen and oxygen atoms in total. The second kappa shape index (κ2) is 7.19. The third kappa shape index (κ3) is 4.02. The second-order valence-electron chi connectivity index (χ2n) is 4.72. The average molecular weight is 291 g/mol. The third-order valence-electron chi connectivity index (χ3n) is 3.18. The van der Waals surface area contributed by atoms with E-state index in [0.717, 1.165) is 25.9 Å². The van der Waals surface area contributed by atoms with Crippen LogP contribution in [0.5, 0.6) is 0 Å². The van der Waals surface area contributed by atoms with Gasteiger partial charge in [-0.05, 0) is 38.0 Å². The Morgan fingerprint density at radius 3 is 2.71 bits per heavy atom. The summed E-state index contributed by atoms with van der Waals surface area (Å²) in [4.78, 5) is 11.7. The van der Waals surface area contributed by atoms with E-state index in [4.69, 9.17) is 4.74 Å². The zero-order valence-electron chi connectivity index (χ0n) is 11.9. The highest BCUT2D eigenvalue weighted by molar-refractivity contribution is 6.60. The molecule has 0 spiro atoms. The summed E-state index contributed by atoms with van der Waals surface area (Å²) in [6, 6.07) is 4.42. The van der Waals surface area contributed by atoms with Crippen LogP contribution in [-0.4, -0.2) is 47.8 Å². The highest BCUT2D eigenvalue weighted by atomic mass is 16.5. The molecule has 0 atom stereocenters. The molecule has 0 bridgehead atoms. The van der Waals surface area contributed by atoms with Crippen LogP contribution in [0, 0.1) is 0 Å². The number of rotatable bonds is 5. The summed E-state index contributed by atoms with van der Waals surface area (Å²) in [7, 11) is -1.73. The molecule has 0 aliphatic carbocycles. The van der Waals surface area contributed by atoms with Crippen LogP contribution in [0.1, 0.15) is 30.1 Å².